The Morgan fingerprint density at radius 1 is 1.28 bits per heavy atom. The summed E-state index contributed by atoms with van der Waals surface area (Å²) in [5, 5.41) is 9.83. The van der Waals surface area contributed by atoms with Crippen molar-refractivity contribution in [2.24, 2.45) is 0 Å². The van der Waals surface area contributed by atoms with Gasteiger partial charge in [0.05, 0.1) is 0 Å². The number of hydrogen-bond acceptors (Lipinski definition) is 4. The van der Waals surface area contributed by atoms with Crippen LogP contribution in [0.25, 0.3) is 0 Å². The van der Waals surface area contributed by atoms with E-state index in [9.17, 15) is 4.79 Å². The van der Waals surface area contributed by atoms with Crippen LogP contribution in [-0.2, 0) is 12.8 Å². The molecule has 1 aromatic heterocycles. The number of aryl methyl sites for hydroxylation is 2. The van der Waals surface area contributed by atoms with Gasteiger partial charge in [0.2, 0.25) is 0 Å². The van der Waals surface area contributed by atoms with Gasteiger partial charge in [-0.3, -0.25) is 4.79 Å². The summed E-state index contributed by atoms with van der Waals surface area (Å²) in [5.74, 6) is -0.299. The zero-order valence-electron chi connectivity index (χ0n) is 10.4. The van der Waals surface area contributed by atoms with E-state index in [-0.39, 0.29) is 11.6 Å². The maximum absolute atomic E-state index is 11.9. The molecule has 2 aromatic rings. The highest BCUT2D eigenvalue weighted by atomic mass is 16.6. The third-order valence-corrected chi connectivity index (χ3v) is 2.83. The van der Waals surface area contributed by atoms with Gasteiger partial charge in [0, 0.05) is 5.69 Å². The second kappa shape index (κ2) is 5.44. The summed E-state index contributed by atoms with van der Waals surface area (Å²) in [6.07, 6.45) is 3.02. The molecule has 0 aliphatic carbocycles. The summed E-state index contributed by atoms with van der Waals surface area (Å²) < 4.78 is 4.43. The number of amides is 1. The fourth-order valence-electron chi connectivity index (χ4n) is 1.85. The van der Waals surface area contributed by atoms with Gasteiger partial charge in [-0.05, 0) is 29.1 Å². The first-order chi connectivity index (χ1) is 8.76. The summed E-state index contributed by atoms with van der Waals surface area (Å²) in [6, 6.07) is 6.02. The van der Waals surface area contributed by atoms with Crippen LogP contribution >= 0.6 is 0 Å². The van der Waals surface area contributed by atoms with Crippen LogP contribution in [0.15, 0.2) is 29.0 Å². The first-order valence-electron chi connectivity index (χ1n) is 5.96. The Balaban J connectivity index is 2.30. The Hall–Kier alpha value is -2.17. The van der Waals surface area contributed by atoms with E-state index in [4.69, 9.17) is 0 Å². The number of anilines is 1. The van der Waals surface area contributed by atoms with E-state index in [0.29, 0.717) is 0 Å². The first kappa shape index (κ1) is 12.3. The van der Waals surface area contributed by atoms with Crippen molar-refractivity contribution in [3.8, 4) is 0 Å². The minimum Gasteiger partial charge on any atom is -0.320 e. The molecule has 0 atom stereocenters. The van der Waals surface area contributed by atoms with Crippen molar-refractivity contribution in [1.82, 2.24) is 10.3 Å². The Kier molecular flexibility index (Phi) is 3.72. The van der Waals surface area contributed by atoms with Gasteiger partial charge in [0.1, 0.15) is 6.20 Å². The number of carbonyl (C=O) groups excluding carboxylic acids is 1. The normalized spacial score (nSPS) is 10.3. The second-order valence-corrected chi connectivity index (χ2v) is 3.91. The number of aromatic nitrogens is 2. The average molecular weight is 245 g/mol. The van der Waals surface area contributed by atoms with E-state index < -0.39 is 0 Å². The quantitative estimate of drug-likeness (QED) is 0.898. The number of carbonyl (C=O) groups is 1. The lowest BCUT2D eigenvalue weighted by Gasteiger charge is -2.13. The smallest absolute Gasteiger partial charge is 0.279 e. The van der Waals surface area contributed by atoms with E-state index in [2.05, 4.69) is 34.1 Å². The van der Waals surface area contributed by atoms with Crippen molar-refractivity contribution in [2.75, 3.05) is 5.32 Å². The van der Waals surface area contributed by atoms with Crippen LogP contribution in [-0.4, -0.2) is 16.2 Å². The lowest BCUT2D eigenvalue weighted by Crippen LogP contribution is -2.15. The van der Waals surface area contributed by atoms with Gasteiger partial charge in [0.15, 0.2) is 5.69 Å². The summed E-state index contributed by atoms with van der Waals surface area (Å²) in [7, 11) is 0. The molecule has 0 aliphatic heterocycles. The average Bonchev–Trinajstić information content (AvgIpc) is 2.93. The summed E-state index contributed by atoms with van der Waals surface area (Å²) in [6.45, 7) is 4.12. The van der Waals surface area contributed by atoms with Crippen LogP contribution in [0, 0.1) is 0 Å². The van der Waals surface area contributed by atoms with Gasteiger partial charge in [0.25, 0.3) is 5.91 Å². The maximum Gasteiger partial charge on any atom is 0.279 e. The molecule has 0 bridgehead atoms. The minimum atomic E-state index is -0.299. The zero-order valence-corrected chi connectivity index (χ0v) is 10.4. The number of benzene rings is 1. The van der Waals surface area contributed by atoms with Crippen LogP contribution in [0.3, 0.4) is 0 Å². The van der Waals surface area contributed by atoms with Gasteiger partial charge in [-0.1, -0.05) is 37.2 Å². The molecule has 94 valence electrons. The molecule has 18 heavy (non-hydrogen) atoms. The molecule has 5 heteroatoms. The molecule has 2 rings (SSSR count). The number of nitrogens with zero attached hydrogens (tertiary/aromatic N) is 2. The zero-order chi connectivity index (χ0) is 13.0. The molecule has 5 nitrogen and oxygen atoms in total. The molecule has 0 saturated carbocycles. The monoisotopic (exact) mass is 245 g/mol. The Morgan fingerprint density at radius 2 is 1.94 bits per heavy atom. The van der Waals surface area contributed by atoms with E-state index in [1.54, 1.807) is 0 Å². The van der Waals surface area contributed by atoms with Crippen LogP contribution in [0.2, 0.25) is 0 Å². The van der Waals surface area contributed by atoms with Crippen LogP contribution in [0.5, 0.6) is 0 Å². The highest BCUT2D eigenvalue weighted by molar-refractivity contribution is 6.03. The third-order valence-electron chi connectivity index (χ3n) is 2.83. The number of nitrogens with one attached hydrogen (secondary N) is 1. The highest BCUT2D eigenvalue weighted by Crippen LogP contribution is 2.23. The Morgan fingerprint density at radius 3 is 2.44 bits per heavy atom. The lowest BCUT2D eigenvalue weighted by molar-refractivity contribution is 0.101. The molecule has 1 heterocycles. The molecule has 0 fully saturated rings. The Labute approximate surface area is 105 Å². The van der Waals surface area contributed by atoms with Crippen molar-refractivity contribution in [2.45, 2.75) is 26.7 Å². The van der Waals surface area contributed by atoms with Crippen LogP contribution < -0.4 is 5.32 Å². The topological polar surface area (TPSA) is 68.0 Å². The molecule has 0 radical (unpaired) electrons. The summed E-state index contributed by atoms with van der Waals surface area (Å²) in [5.41, 5.74) is 3.27. The summed E-state index contributed by atoms with van der Waals surface area (Å²) in [4.78, 5) is 11.9. The molecule has 1 amide bonds. The van der Waals surface area contributed by atoms with E-state index in [1.807, 2.05) is 18.2 Å². The molecule has 0 saturated heterocycles. The van der Waals surface area contributed by atoms with Gasteiger partial charge in [-0.25, -0.2) is 4.63 Å². The van der Waals surface area contributed by atoms with Crippen molar-refractivity contribution in [3.63, 3.8) is 0 Å². The predicted molar refractivity (Wildman–Crippen MR) is 67.4 cm³/mol. The van der Waals surface area contributed by atoms with Gasteiger partial charge in [-0.2, -0.15) is 0 Å². The molecule has 1 N–H and O–H groups in total. The highest BCUT2D eigenvalue weighted by Gasteiger charge is 2.14. The molecule has 0 unspecified atom stereocenters. The Bertz CT molecular complexity index is 513. The van der Waals surface area contributed by atoms with E-state index in [1.165, 1.54) is 6.20 Å². The van der Waals surface area contributed by atoms with Crippen molar-refractivity contribution >= 4 is 11.6 Å². The van der Waals surface area contributed by atoms with Gasteiger partial charge < -0.3 is 5.32 Å². The standard InChI is InChI=1S/C13H15N3O2/c1-3-9-6-5-7-10(4-2)12(9)15-13(17)11-8-14-18-16-11/h5-8H,3-4H2,1-2H3,(H,15,17). The SMILES string of the molecule is CCc1cccc(CC)c1NC(=O)c1cnon1. The predicted octanol–water partition coefficient (Wildman–Crippen LogP) is 2.45. The number of rotatable bonds is 4. The fraction of sp³-hybridized carbons (Fsp3) is 0.308. The molecule has 0 aliphatic rings. The molecule has 0 spiro atoms. The van der Waals surface area contributed by atoms with E-state index in [0.717, 1.165) is 29.7 Å². The van der Waals surface area contributed by atoms with Crippen molar-refractivity contribution in [3.05, 3.63) is 41.2 Å². The lowest BCUT2D eigenvalue weighted by atomic mass is 10.0. The van der Waals surface area contributed by atoms with Gasteiger partial charge >= 0.3 is 0 Å². The second-order valence-electron chi connectivity index (χ2n) is 3.91. The molecular weight excluding hydrogens is 230 g/mol. The molecular formula is C13H15N3O2. The maximum atomic E-state index is 11.9. The fourth-order valence-corrected chi connectivity index (χ4v) is 1.85. The van der Waals surface area contributed by atoms with Crippen molar-refractivity contribution in [1.29, 1.82) is 0 Å². The number of para-hydroxylation sites is 1. The third kappa shape index (κ3) is 2.40. The molecule has 1 aromatic carbocycles. The van der Waals surface area contributed by atoms with Crippen LogP contribution in [0.1, 0.15) is 35.5 Å². The largest absolute Gasteiger partial charge is 0.320 e. The van der Waals surface area contributed by atoms with Crippen molar-refractivity contribution < 1.29 is 9.42 Å². The van der Waals surface area contributed by atoms with Gasteiger partial charge in [-0.15, -0.1) is 0 Å². The minimum absolute atomic E-state index is 0.183. The van der Waals surface area contributed by atoms with E-state index >= 15 is 0 Å². The van der Waals surface area contributed by atoms with Crippen LogP contribution in [0.4, 0.5) is 5.69 Å². The summed E-state index contributed by atoms with van der Waals surface area (Å²) >= 11 is 0. The first-order valence-corrected chi connectivity index (χ1v) is 5.96. The number of hydrogen-bond donors (Lipinski definition) is 1.